The minimum Gasteiger partial charge on any atom is -0.478 e. The predicted octanol–water partition coefficient (Wildman–Crippen LogP) is 3.75. The second-order valence-electron chi connectivity index (χ2n) is 4.16. The van der Waals surface area contributed by atoms with Crippen LogP contribution in [0.4, 0.5) is 0 Å². The number of aromatic carboxylic acids is 1. The number of alkyl halides is 1. The van der Waals surface area contributed by atoms with Crippen LogP contribution < -0.4 is 0 Å². The van der Waals surface area contributed by atoms with Crippen molar-refractivity contribution in [2.45, 2.75) is 38.2 Å². The summed E-state index contributed by atoms with van der Waals surface area (Å²) in [5, 5.41) is 9.02. The molecule has 0 aliphatic rings. The zero-order valence-electron chi connectivity index (χ0n) is 10.8. The molecule has 0 saturated carbocycles. The summed E-state index contributed by atoms with van der Waals surface area (Å²) in [6.45, 7) is 2.04. The van der Waals surface area contributed by atoms with Crippen molar-refractivity contribution in [2.75, 3.05) is 0 Å². The van der Waals surface area contributed by atoms with Gasteiger partial charge in [-0.15, -0.1) is 0 Å². The molecule has 19 heavy (non-hydrogen) atoms. The molecule has 0 spiro atoms. The molecule has 1 aromatic rings. The highest BCUT2D eigenvalue weighted by molar-refractivity contribution is 6.21. The summed E-state index contributed by atoms with van der Waals surface area (Å²) in [4.78, 5) is 22.6. The number of ether oxygens (including phenoxy) is 1. The number of rotatable bonds is 7. The van der Waals surface area contributed by atoms with Crippen molar-refractivity contribution >= 4 is 23.5 Å². The summed E-state index contributed by atoms with van der Waals surface area (Å²) in [6.07, 6.45) is 3.01. The van der Waals surface area contributed by atoms with E-state index in [1.807, 2.05) is 6.92 Å². The Morgan fingerprint density at radius 3 is 2.63 bits per heavy atom. The number of carboxylic acid groups (broad SMARTS) is 1. The number of carbonyl (C=O) groups excluding carboxylic acids is 1. The predicted molar refractivity (Wildman–Crippen MR) is 72.2 cm³/mol. The molecule has 4 nitrogen and oxygen atoms in total. The highest BCUT2D eigenvalue weighted by Crippen LogP contribution is 2.26. The van der Waals surface area contributed by atoms with Gasteiger partial charge < -0.3 is 9.84 Å². The first-order chi connectivity index (χ1) is 9.06. The van der Waals surface area contributed by atoms with Gasteiger partial charge in [0.25, 0.3) is 0 Å². The number of benzene rings is 1. The molecule has 1 unspecified atom stereocenters. The average Bonchev–Trinajstić information content (AvgIpc) is 2.39. The topological polar surface area (TPSA) is 63.6 Å². The van der Waals surface area contributed by atoms with Crippen molar-refractivity contribution in [3.05, 3.63) is 35.4 Å². The Labute approximate surface area is 117 Å². The van der Waals surface area contributed by atoms with Crippen molar-refractivity contribution in [3.8, 4) is 0 Å². The van der Waals surface area contributed by atoms with Crippen LogP contribution in [-0.2, 0) is 9.53 Å². The lowest BCUT2D eigenvalue weighted by Crippen LogP contribution is -2.10. The van der Waals surface area contributed by atoms with Gasteiger partial charge in [0.15, 0.2) is 0 Å². The Bertz CT molecular complexity index is 445. The number of unbranched alkanes of at least 4 members (excludes halogenated alkanes) is 2. The van der Waals surface area contributed by atoms with Gasteiger partial charge in [0.05, 0.1) is 5.56 Å². The van der Waals surface area contributed by atoms with Crippen LogP contribution >= 0.6 is 11.6 Å². The van der Waals surface area contributed by atoms with Crippen LogP contribution in [0.25, 0.3) is 0 Å². The van der Waals surface area contributed by atoms with Gasteiger partial charge in [-0.05, 0) is 12.5 Å². The Hall–Kier alpha value is -1.55. The highest BCUT2D eigenvalue weighted by Gasteiger charge is 2.19. The molecule has 0 heterocycles. The summed E-state index contributed by atoms with van der Waals surface area (Å²) in [7, 11) is 0. The Morgan fingerprint density at radius 1 is 1.32 bits per heavy atom. The van der Waals surface area contributed by atoms with Crippen molar-refractivity contribution in [3.63, 3.8) is 0 Å². The van der Waals surface area contributed by atoms with E-state index in [4.69, 9.17) is 21.4 Å². The van der Waals surface area contributed by atoms with E-state index in [0.29, 0.717) is 12.0 Å². The van der Waals surface area contributed by atoms with Crippen LogP contribution in [0.5, 0.6) is 0 Å². The fraction of sp³-hybridized carbons (Fsp3) is 0.429. The maximum atomic E-state index is 11.5. The Kier molecular flexibility index (Phi) is 6.36. The van der Waals surface area contributed by atoms with E-state index in [1.54, 1.807) is 18.2 Å². The van der Waals surface area contributed by atoms with Crippen LogP contribution in [0.2, 0.25) is 0 Å². The third kappa shape index (κ3) is 4.91. The number of carbonyl (C=O) groups is 2. The quantitative estimate of drug-likeness (QED) is 0.470. The van der Waals surface area contributed by atoms with Gasteiger partial charge in [0.1, 0.15) is 0 Å². The Morgan fingerprint density at radius 2 is 2.00 bits per heavy atom. The second kappa shape index (κ2) is 7.79. The molecule has 104 valence electrons. The lowest BCUT2D eigenvalue weighted by atomic mass is 10.1. The number of hydrogen-bond donors (Lipinski definition) is 1. The SMILES string of the molecule is CCCCCC(=O)OC(Cl)c1ccccc1C(=O)O. The lowest BCUT2D eigenvalue weighted by Gasteiger charge is -2.13. The fourth-order valence-electron chi connectivity index (χ4n) is 1.65. The summed E-state index contributed by atoms with van der Waals surface area (Å²) >= 11 is 5.96. The van der Waals surface area contributed by atoms with Gasteiger partial charge in [-0.2, -0.15) is 0 Å². The zero-order chi connectivity index (χ0) is 14.3. The fourth-order valence-corrected chi connectivity index (χ4v) is 1.94. The number of carboxylic acids is 1. The number of esters is 1. The van der Waals surface area contributed by atoms with E-state index in [2.05, 4.69) is 0 Å². The molecule has 1 aromatic carbocycles. The first kappa shape index (κ1) is 15.5. The van der Waals surface area contributed by atoms with Crippen LogP contribution in [0.15, 0.2) is 24.3 Å². The van der Waals surface area contributed by atoms with E-state index in [-0.39, 0.29) is 5.56 Å². The molecule has 1 atom stereocenters. The van der Waals surface area contributed by atoms with Gasteiger partial charge in [0, 0.05) is 12.0 Å². The molecule has 0 radical (unpaired) electrons. The van der Waals surface area contributed by atoms with Crippen LogP contribution in [0.3, 0.4) is 0 Å². The van der Waals surface area contributed by atoms with E-state index in [1.165, 1.54) is 6.07 Å². The average molecular weight is 285 g/mol. The van der Waals surface area contributed by atoms with Crippen LogP contribution in [0, 0.1) is 0 Å². The summed E-state index contributed by atoms with van der Waals surface area (Å²) in [6, 6.07) is 6.22. The van der Waals surface area contributed by atoms with Gasteiger partial charge in [-0.3, -0.25) is 4.79 Å². The first-order valence-corrected chi connectivity index (χ1v) is 6.65. The third-order valence-electron chi connectivity index (χ3n) is 2.66. The molecule has 0 aliphatic carbocycles. The molecule has 0 fully saturated rings. The van der Waals surface area contributed by atoms with Crippen molar-refractivity contribution in [1.82, 2.24) is 0 Å². The Balaban J connectivity index is 2.65. The molecule has 5 heteroatoms. The van der Waals surface area contributed by atoms with Crippen molar-refractivity contribution < 1.29 is 19.4 Å². The summed E-state index contributed by atoms with van der Waals surface area (Å²) < 4.78 is 5.04. The molecule has 1 N–H and O–H groups in total. The maximum absolute atomic E-state index is 11.5. The van der Waals surface area contributed by atoms with Gasteiger partial charge in [0.2, 0.25) is 5.56 Å². The molecular formula is C14H17ClO4. The number of hydrogen-bond acceptors (Lipinski definition) is 3. The molecule has 0 saturated heterocycles. The molecular weight excluding hydrogens is 268 g/mol. The van der Waals surface area contributed by atoms with Crippen molar-refractivity contribution in [2.24, 2.45) is 0 Å². The molecule has 0 aromatic heterocycles. The van der Waals surface area contributed by atoms with E-state index < -0.39 is 17.5 Å². The van der Waals surface area contributed by atoms with Crippen LogP contribution in [0.1, 0.15) is 54.1 Å². The summed E-state index contributed by atoms with van der Waals surface area (Å²) in [5.74, 6) is -1.50. The molecule has 0 bridgehead atoms. The minimum absolute atomic E-state index is 0.0452. The van der Waals surface area contributed by atoms with Gasteiger partial charge >= 0.3 is 11.9 Å². The monoisotopic (exact) mass is 284 g/mol. The standard InChI is InChI=1S/C14H17ClO4/c1-2-3-4-9-12(16)19-13(15)10-7-5-6-8-11(10)14(17)18/h5-8,13H,2-4,9H2,1H3,(H,17,18). The van der Waals surface area contributed by atoms with Crippen LogP contribution in [-0.4, -0.2) is 17.0 Å². The van der Waals surface area contributed by atoms with Gasteiger partial charge in [-0.1, -0.05) is 49.6 Å². The molecule has 1 rings (SSSR count). The van der Waals surface area contributed by atoms with E-state index >= 15 is 0 Å². The highest BCUT2D eigenvalue weighted by atomic mass is 35.5. The van der Waals surface area contributed by atoms with E-state index in [0.717, 1.165) is 19.3 Å². The zero-order valence-corrected chi connectivity index (χ0v) is 11.5. The number of halogens is 1. The van der Waals surface area contributed by atoms with Gasteiger partial charge in [-0.25, -0.2) is 4.79 Å². The third-order valence-corrected chi connectivity index (χ3v) is 2.98. The normalized spacial score (nSPS) is 11.9. The smallest absolute Gasteiger partial charge is 0.336 e. The minimum atomic E-state index is -1.09. The molecule has 0 aliphatic heterocycles. The lowest BCUT2D eigenvalue weighted by molar-refractivity contribution is -0.145. The summed E-state index contributed by atoms with van der Waals surface area (Å²) in [5.41, 5.74) is -0.731. The molecule has 0 amide bonds. The van der Waals surface area contributed by atoms with E-state index in [9.17, 15) is 9.59 Å². The largest absolute Gasteiger partial charge is 0.478 e. The second-order valence-corrected chi connectivity index (χ2v) is 4.55. The maximum Gasteiger partial charge on any atom is 0.336 e. The first-order valence-electron chi connectivity index (χ1n) is 6.22. The van der Waals surface area contributed by atoms with Crippen molar-refractivity contribution in [1.29, 1.82) is 0 Å².